The van der Waals surface area contributed by atoms with Crippen LogP contribution in [0.15, 0.2) is 24.4 Å². The van der Waals surface area contributed by atoms with Gasteiger partial charge in [0.15, 0.2) is 0 Å². The largest absolute Gasteiger partial charge is 0.497 e. The summed E-state index contributed by atoms with van der Waals surface area (Å²) in [5.41, 5.74) is 1.76. The van der Waals surface area contributed by atoms with Crippen LogP contribution in [0, 0.1) is 5.92 Å². The van der Waals surface area contributed by atoms with E-state index in [9.17, 15) is 4.79 Å². The fourth-order valence-corrected chi connectivity index (χ4v) is 3.34. The molecule has 1 saturated heterocycles. The number of hydrogen-bond acceptors (Lipinski definition) is 2. The molecule has 112 valence electrons. The molecule has 1 aliphatic rings. The second kappa shape index (κ2) is 5.90. The molecule has 1 unspecified atom stereocenters. The van der Waals surface area contributed by atoms with Crippen LogP contribution in [0.3, 0.4) is 0 Å². The number of methoxy groups -OCH3 is 1. The number of H-pyrrole nitrogens is 1. The molecule has 1 aromatic heterocycles. The quantitative estimate of drug-likeness (QED) is 0.840. The first-order valence-electron chi connectivity index (χ1n) is 7.69. The Morgan fingerprint density at radius 1 is 1.48 bits per heavy atom. The Morgan fingerprint density at radius 3 is 3.10 bits per heavy atom. The van der Waals surface area contributed by atoms with E-state index in [1.807, 2.05) is 24.4 Å². The Morgan fingerprint density at radius 2 is 2.33 bits per heavy atom. The van der Waals surface area contributed by atoms with Gasteiger partial charge in [0, 0.05) is 34.6 Å². The molecule has 2 N–H and O–H groups in total. The van der Waals surface area contributed by atoms with Gasteiger partial charge in [0.05, 0.1) is 20.2 Å². The number of carbonyl (C=O) groups is 1. The van der Waals surface area contributed by atoms with Crippen LogP contribution in [0.25, 0.3) is 10.9 Å². The summed E-state index contributed by atoms with van der Waals surface area (Å²) in [5, 5.41) is 0.991. The van der Waals surface area contributed by atoms with Gasteiger partial charge in [-0.15, -0.1) is 0 Å². The van der Waals surface area contributed by atoms with Crippen molar-refractivity contribution in [1.82, 2.24) is 4.98 Å². The summed E-state index contributed by atoms with van der Waals surface area (Å²) in [6, 6.07) is 5.80. The summed E-state index contributed by atoms with van der Waals surface area (Å²) in [6.07, 6.45) is 4.36. The van der Waals surface area contributed by atoms with Crippen molar-refractivity contribution in [2.24, 2.45) is 5.92 Å². The highest BCUT2D eigenvalue weighted by molar-refractivity contribution is 6.08. The highest BCUT2D eigenvalue weighted by Gasteiger charge is 2.23. The van der Waals surface area contributed by atoms with Gasteiger partial charge in [0.2, 0.25) is 5.78 Å². The molecule has 0 spiro atoms. The van der Waals surface area contributed by atoms with Crippen molar-refractivity contribution in [3.63, 3.8) is 0 Å². The van der Waals surface area contributed by atoms with E-state index in [4.69, 9.17) is 4.74 Å². The van der Waals surface area contributed by atoms with Crippen LogP contribution in [-0.4, -0.2) is 37.5 Å². The van der Waals surface area contributed by atoms with Crippen molar-refractivity contribution < 1.29 is 14.4 Å². The lowest BCUT2D eigenvalue weighted by Crippen LogP contribution is -3.14. The highest BCUT2D eigenvalue weighted by Crippen LogP contribution is 2.23. The van der Waals surface area contributed by atoms with Crippen molar-refractivity contribution in [2.45, 2.75) is 19.8 Å². The number of carbonyl (C=O) groups excluding carboxylic acids is 1. The number of nitrogens with one attached hydrogen (secondary N) is 2. The molecule has 0 aliphatic carbocycles. The van der Waals surface area contributed by atoms with Crippen LogP contribution < -0.4 is 9.64 Å². The molecule has 1 aromatic carbocycles. The number of benzene rings is 1. The number of fused-ring (bicyclic) bond motifs is 1. The van der Waals surface area contributed by atoms with Gasteiger partial charge in [-0.1, -0.05) is 6.92 Å². The van der Waals surface area contributed by atoms with Crippen LogP contribution in [0.2, 0.25) is 0 Å². The van der Waals surface area contributed by atoms with E-state index in [0.29, 0.717) is 6.54 Å². The van der Waals surface area contributed by atoms with Crippen molar-refractivity contribution in [3.05, 3.63) is 30.0 Å². The van der Waals surface area contributed by atoms with E-state index in [-0.39, 0.29) is 5.78 Å². The number of rotatable bonds is 4. The maximum absolute atomic E-state index is 12.6. The van der Waals surface area contributed by atoms with Gasteiger partial charge < -0.3 is 14.6 Å². The summed E-state index contributed by atoms with van der Waals surface area (Å²) in [7, 11) is 1.65. The van der Waals surface area contributed by atoms with E-state index >= 15 is 0 Å². The Bertz CT molecular complexity index is 647. The van der Waals surface area contributed by atoms with Crippen molar-refractivity contribution in [1.29, 1.82) is 0 Å². The Labute approximate surface area is 125 Å². The zero-order valence-corrected chi connectivity index (χ0v) is 12.7. The second-order valence-corrected chi connectivity index (χ2v) is 6.17. The average molecular weight is 287 g/mol. The lowest BCUT2D eigenvalue weighted by Gasteiger charge is -2.27. The number of ketones is 1. The lowest BCUT2D eigenvalue weighted by molar-refractivity contribution is -0.900. The summed E-state index contributed by atoms with van der Waals surface area (Å²) in [5.74, 6) is 1.77. The van der Waals surface area contributed by atoms with Crippen molar-refractivity contribution >= 4 is 16.7 Å². The molecule has 2 aromatic rings. The highest BCUT2D eigenvalue weighted by atomic mass is 16.5. The molecule has 21 heavy (non-hydrogen) atoms. The number of hydrogen-bond donors (Lipinski definition) is 2. The molecule has 0 radical (unpaired) electrons. The van der Waals surface area contributed by atoms with Gasteiger partial charge >= 0.3 is 0 Å². The smallest absolute Gasteiger partial charge is 0.219 e. The molecule has 4 nitrogen and oxygen atoms in total. The van der Waals surface area contributed by atoms with Gasteiger partial charge in [0.25, 0.3) is 0 Å². The fourth-order valence-electron chi connectivity index (χ4n) is 3.34. The fraction of sp³-hybridized carbons (Fsp3) is 0.471. The monoisotopic (exact) mass is 287 g/mol. The number of aromatic amines is 1. The van der Waals surface area contributed by atoms with Gasteiger partial charge in [-0.3, -0.25) is 4.79 Å². The van der Waals surface area contributed by atoms with Crippen LogP contribution in [0.1, 0.15) is 30.1 Å². The molecular formula is C17H23N2O2+. The molecule has 2 heterocycles. The number of likely N-dealkylation sites (tertiary alicyclic amines) is 1. The van der Waals surface area contributed by atoms with Gasteiger partial charge in [-0.2, -0.15) is 0 Å². The molecular weight excluding hydrogens is 264 g/mol. The number of quaternary nitrogens is 1. The SMILES string of the molecule is COc1ccc2c(C(=O)C[NH+]3CCC[C@@H](C)C3)c[nH]c2c1. The predicted octanol–water partition coefficient (Wildman–Crippen LogP) is 1.67. The molecule has 1 aliphatic heterocycles. The Balaban J connectivity index is 1.78. The second-order valence-electron chi connectivity index (χ2n) is 6.17. The molecule has 3 rings (SSSR count). The van der Waals surface area contributed by atoms with E-state index in [1.165, 1.54) is 17.7 Å². The molecule has 1 fully saturated rings. The lowest BCUT2D eigenvalue weighted by atomic mass is 9.99. The van der Waals surface area contributed by atoms with Crippen molar-refractivity contribution in [2.75, 3.05) is 26.7 Å². The van der Waals surface area contributed by atoms with Gasteiger partial charge in [-0.25, -0.2) is 0 Å². The standard InChI is InChI=1S/C17H22N2O2/c1-12-4-3-7-19(10-12)11-17(20)15-9-18-16-8-13(21-2)5-6-14(15)16/h5-6,8-9,12,18H,3-4,7,10-11H2,1-2H3/p+1/t12-/m1/s1. The van der Waals surface area contributed by atoms with E-state index in [0.717, 1.165) is 41.2 Å². The van der Waals surface area contributed by atoms with E-state index in [1.54, 1.807) is 7.11 Å². The molecule has 4 heteroatoms. The number of aromatic nitrogens is 1. The zero-order valence-electron chi connectivity index (χ0n) is 12.7. The molecule has 0 saturated carbocycles. The third kappa shape index (κ3) is 2.95. The minimum Gasteiger partial charge on any atom is -0.497 e. The topological polar surface area (TPSA) is 46.5 Å². The van der Waals surface area contributed by atoms with Crippen molar-refractivity contribution in [3.8, 4) is 5.75 Å². The minimum absolute atomic E-state index is 0.232. The average Bonchev–Trinajstić information content (AvgIpc) is 2.90. The van der Waals surface area contributed by atoms with E-state index < -0.39 is 0 Å². The maximum Gasteiger partial charge on any atom is 0.219 e. The normalized spacial score (nSPS) is 22.4. The van der Waals surface area contributed by atoms with E-state index in [2.05, 4.69) is 11.9 Å². The molecule has 2 atom stereocenters. The van der Waals surface area contributed by atoms with Crippen LogP contribution in [-0.2, 0) is 0 Å². The number of ether oxygens (including phenoxy) is 1. The summed E-state index contributed by atoms with van der Waals surface area (Å²) in [4.78, 5) is 17.2. The van der Waals surface area contributed by atoms with Gasteiger partial charge in [-0.05, 0) is 25.0 Å². The summed E-state index contributed by atoms with van der Waals surface area (Å²) in [6.45, 7) is 5.11. The van der Waals surface area contributed by atoms with Crippen LogP contribution in [0.4, 0.5) is 0 Å². The summed E-state index contributed by atoms with van der Waals surface area (Å²) < 4.78 is 5.22. The summed E-state index contributed by atoms with van der Waals surface area (Å²) >= 11 is 0. The molecule has 0 bridgehead atoms. The predicted molar refractivity (Wildman–Crippen MR) is 83.1 cm³/mol. The first-order chi connectivity index (χ1) is 10.2. The maximum atomic E-state index is 12.6. The third-order valence-corrected chi connectivity index (χ3v) is 4.46. The Kier molecular flexibility index (Phi) is 3.97. The van der Waals surface area contributed by atoms with Gasteiger partial charge in [0.1, 0.15) is 12.3 Å². The number of Topliss-reactive ketones (excluding diaryl/α,β-unsaturated/α-hetero) is 1. The number of piperidine rings is 1. The Hall–Kier alpha value is -1.81. The zero-order chi connectivity index (χ0) is 14.8. The molecule has 0 amide bonds. The minimum atomic E-state index is 0.232. The van der Waals surface area contributed by atoms with Crippen LogP contribution >= 0.6 is 0 Å². The first kappa shape index (κ1) is 14.1. The first-order valence-corrected chi connectivity index (χ1v) is 7.69. The van der Waals surface area contributed by atoms with Crippen LogP contribution in [0.5, 0.6) is 5.75 Å². The third-order valence-electron chi connectivity index (χ3n) is 4.46.